The van der Waals surface area contributed by atoms with E-state index in [-0.39, 0.29) is 11.8 Å². The van der Waals surface area contributed by atoms with Crippen LogP contribution in [0.4, 0.5) is 0 Å². The second kappa shape index (κ2) is 7.67. The summed E-state index contributed by atoms with van der Waals surface area (Å²) in [7, 11) is 0. The Hall–Kier alpha value is -3.06. The summed E-state index contributed by atoms with van der Waals surface area (Å²) in [5.74, 6) is 0.0578. The Bertz CT molecular complexity index is 903. The lowest BCUT2D eigenvalue weighted by Gasteiger charge is -2.31. The Balaban J connectivity index is 1.70. The summed E-state index contributed by atoms with van der Waals surface area (Å²) in [6.45, 7) is 0.844. The van der Waals surface area contributed by atoms with Crippen LogP contribution in [0.2, 0.25) is 0 Å². The first kappa shape index (κ1) is 17.4. The van der Waals surface area contributed by atoms with Gasteiger partial charge in [-0.3, -0.25) is 9.89 Å². The fourth-order valence-electron chi connectivity index (χ4n) is 3.70. The molecule has 4 rings (SSSR count). The monoisotopic (exact) mass is 363 g/mol. The van der Waals surface area contributed by atoms with Gasteiger partial charge in [0.1, 0.15) is 12.3 Å². The van der Waals surface area contributed by atoms with E-state index in [1.54, 1.807) is 17.3 Å². The van der Waals surface area contributed by atoms with Gasteiger partial charge in [0, 0.05) is 41.4 Å². The lowest BCUT2D eigenvalue weighted by Crippen LogP contribution is -2.39. The topological polar surface area (TPSA) is 95.0 Å². The number of hydrogen-bond donors (Lipinski definition) is 2. The summed E-state index contributed by atoms with van der Waals surface area (Å²) in [6, 6.07) is 12.0. The molecule has 0 unspecified atom stereocenters. The molecule has 1 aromatic carbocycles. The lowest BCUT2D eigenvalue weighted by molar-refractivity contribution is -0.135. The Morgan fingerprint density at radius 2 is 1.89 bits per heavy atom. The first-order valence-corrected chi connectivity index (χ1v) is 9.07. The van der Waals surface area contributed by atoms with Crippen LogP contribution < -0.4 is 0 Å². The van der Waals surface area contributed by atoms with Gasteiger partial charge in [0.2, 0.25) is 5.91 Å². The molecule has 0 aliphatic carbocycles. The molecule has 0 spiro atoms. The van der Waals surface area contributed by atoms with Crippen LogP contribution in [0.1, 0.15) is 24.5 Å². The highest BCUT2D eigenvalue weighted by atomic mass is 16.3. The van der Waals surface area contributed by atoms with Crippen molar-refractivity contribution in [1.29, 1.82) is 0 Å². The van der Waals surface area contributed by atoms with Crippen LogP contribution in [0.25, 0.3) is 22.4 Å². The number of H-pyrrole nitrogens is 1. The average molecular weight is 363 g/mol. The van der Waals surface area contributed by atoms with Crippen molar-refractivity contribution >= 4 is 5.91 Å². The molecule has 1 saturated heterocycles. The van der Waals surface area contributed by atoms with Crippen molar-refractivity contribution in [2.45, 2.75) is 18.8 Å². The largest absolute Gasteiger partial charge is 0.387 e. The third kappa shape index (κ3) is 3.46. The number of piperidine rings is 1. The number of carbonyl (C=O) groups excluding carboxylic acids is 1. The molecule has 0 radical (unpaired) electrons. The molecule has 3 heterocycles. The van der Waals surface area contributed by atoms with Gasteiger partial charge in [-0.25, -0.2) is 0 Å². The van der Waals surface area contributed by atoms with E-state index in [0.29, 0.717) is 13.1 Å². The highest BCUT2D eigenvalue weighted by Gasteiger charge is 2.28. The number of benzene rings is 1. The number of aliphatic hydroxyl groups excluding tert-OH is 1. The van der Waals surface area contributed by atoms with Gasteiger partial charge in [0.05, 0.1) is 12.4 Å². The number of carbonyl (C=O) groups is 1. The number of nitrogens with zero attached hydrogens (tertiary/aromatic N) is 4. The van der Waals surface area contributed by atoms with E-state index in [1.165, 1.54) is 0 Å². The first-order valence-electron chi connectivity index (χ1n) is 9.07. The van der Waals surface area contributed by atoms with Crippen molar-refractivity contribution < 1.29 is 9.90 Å². The summed E-state index contributed by atoms with van der Waals surface area (Å²) in [5.41, 5.74) is 5.02. The number of aromatic nitrogens is 4. The zero-order chi connectivity index (χ0) is 18.6. The molecule has 27 heavy (non-hydrogen) atoms. The second-order valence-corrected chi connectivity index (χ2v) is 6.67. The van der Waals surface area contributed by atoms with E-state index in [0.717, 1.165) is 40.9 Å². The predicted molar refractivity (Wildman–Crippen MR) is 101 cm³/mol. The van der Waals surface area contributed by atoms with Crippen LogP contribution in [0.3, 0.4) is 0 Å². The summed E-state index contributed by atoms with van der Waals surface area (Å²) < 4.78 is 0. The van der Waals surface area contributed by atoms with Crippen molar-refractivity contribution in [2.75, 3.05) is 19.7 Å². The number of amides is 1. The van der Waals surface area contributed by atoms with Crippen LogP contribution in [0, 0.1) is 0 Å². The van der Waals surface area contributed by atoms with Crippen molar-refractivity contribution in [1.82, 2.24) is 25.3 Å². The maximum absolute atomic E-state index is 11.7. The summed E-state index contributed by atoms with van der Waals surface area (Å²) in [6.07, 6.45) is 5.09. The first-order chi connectivity index (χ1) is 13.3. The minimum absolute atomic E-state index is 0.207. The summed E-state index contributed by atoms with van der Waals surface area (Å²) in [5, 5.41) is 24.9. The molecule has 1 aliphatic heterocycles. The maximum atomic E-state index is 11.7. The van der Waals surface area contributed by atoms with Gasteiger partial charge in [0.15, 0.2) is 0 Å². The van der Waals surface area contributed by atoms with Crippen molar-refractivity contribution in [2.24, 2.45) is 0 Å². The lowest BCUT2D eigenvalue weighted by atomic mass is 9.88. The van der Waals surface area contributed by atoms with Gasteiger partial charge >= 0.3 is 0 Å². The van der Waals surface area contributed by atoms with Gasteiger partial charge in [-0.1, -0.05) is 30.3 Å². The Kier molecular flexibility index (Phi) is 4.93. The standard InChI is InChI=1S/C20H21N5O2/c26-13-17(27)25-10-7-15(8-11-25)20-18(16-6-9-21-22-12-16)19(23-24-20)14-4-2-1-3-5-14/h1-6,9,12,15,26H,7-8,10-11,13H2,(H,23,24). The SMILES string of the molecule is O=C(CO)N1CCC(c2[nH]nc(-c3ccccc3)c2-c2ccnnc2)CC1. The fourth-order valence-corrected chi connectivity index (χ4v) is 3.70. The van der Waals surface area contributed by atoms with Crippen LogP contribution in [-0.4, -0.2) is 56.0 Å². The van der Waals surface area contributed by atoms with Crippen LogP contribution in [-0.2, 0) is 4.79 Å². The van der Waals surface area contributed by atoms with Crippen molar-refractivity contribution in [3.8, 4) is 22.4 Å². The Morgan fingerprint density at radius 3 is 2.56 bits per heavy atom. The van der Waals surface area contributed by atoms with E-state index in [2.05, 4.69) is 20.4 Å². The number of aliphatic hydroxyl groups is 1. The van der Waals surface area contributed by atoms with Gasteiger partial charge in [-0.05, 0) is 18.9 Å². The maximum Gasteiger partial charge on any atom is 0.248 e. The summed E-state index contributed by atoms with van der Waals surface area (Å²) >= 11 is 0. The molecule has 7 nitrogen and oxygen atoms in total. The molecule has 138 valence electrons. The van der Waals surface area contributed by atoms with E-state index in [9.17, 15) is 4.79 Å². The van der Waals surface area contributed by atoms with E-state index < -0.39 is 6.61 Å². The molecule has 0 saturated carbocycles. The second-order valence-electron chi connectivity index (χ2n) is 6.67. The Morgan fingerprint density at radius 1 is 1.11 bits per heavy atom. The Labute approximate surface area is 157 Å². The molecule has 0 bridgehead atoms. The molecule has 2 N–H and O–H groups in total. The average Bonchev–Trinajstić information content (AvgIpc) is 3.19. The van der Waals surface area contributed by atoms with Gasteiger partial charge < -0.3 is 10.0 Å². The molecule has 1 amide bonds. The van der Waals surface area contributed by atoms with Gasteiger partial charge in [0.25, 0.3) is 0 Å². The van der Waals surface area contributed by atoms with E-state index >= 15 is 0 Å². The highest BCUT2D eigenvalue weighted by Crippen LogP contribution is 2.39. The molecule has 1 fully saturated rings. The van der Waals surface area contributed by atoms with Gasteiger partial charge in [-0.2, -0.15) is 15.3 Å². The normalized spacial score (nSPS) is 15.1. The smallest absolute Gasteiger partial charge is 0.248 e. The van der Waals surface area contributed by atoms with Crippen molar-refractivity contribution in [3.63, 3.8) is 0 Å². The zero-order valence-electron chi connectivity index (χ0n) is 14.9. The zero-order valence-corrected chi connectivity index (χ0v) is 14.9. The molecule has 3 aromatic rings. The number of rotatable bonds is 4. The van der Waals surface area contributed by atoms with Crippen LogP contribution in [0.15, 0.2) is 48.8 Å². The number of likely N-dealkylation sites (tertiary alicyclic amines) is 1. The molecular formula is C20H21N5O2. The van der Waals surface area contributed by atoms with Crippen molar-refractivity contribution in [3.05, 3.63) is 54.5 Å². The summed E-state index contributed by atoms with van der Waals surface area (Å²) in [4.78, 5) is 13.4. The number of nitrogens with one attached hydrogen (secondary N) is 1. The molecule has 2 aromatic heterocycles. The third-order valence-corrected chi connectivity index (χ3v) is 5.11. The van der Waals surface area contributed by atoms with Crippen LogP contribution >= 0.6 is 0 Å². The third-order valence-electron chi connectivity index (χ3n) is 5.11. The van der Waals surface area contributed by atoms with Crippen LogP contribution in [0.5, 0.6) is 0 Å². The molecular weight excluding hydrogens is 342 g/mol. The fraction of sp³-hybridized carbons (Fsp3) is 0.300. The molecule has 7 heteroatoms. The molecule has 0 atom stereocenters. The highest BCUT2D eigenvalue weighted by molar-refractivity contribution is 5.82. The number of aromatic amines is 1. The van der Waals surface area contributed by atoms with E-state index in [4.69, 9.17) is 5.11 Å². The van der Waals surface area contributed by atoms with Gasteiger partial charge in [-0.15, -0.1) is 0 Å². The quantitative estimate of drug-likeness (QED) is 0.741. The van der Waals surface area contributed by atoms with E-state index in [1.807, 2.05) is 36.4 Å². The minimum atomic E-state index is -0.430. The predicted octanol–water partition coefficient (Wildman–Crippen LogP) is 2.23. The number of hydrogen-bond acceptors (Lipinski definition) is 5. The minimum Gasteiger partial charge on any atom is -0.387 e. The molecule has 1 aliphatic rings.